The molecule has 0 bridgehead atoms. The molecule has 3 amide bonds. The topological polar surface area (TPSA) is 169 Å². The van der Waals surface area contributed by atoms with Crippen LogP contribution in [0.4, 0.5) is 10.1 Å². The summed E-state index contributed by atoms with van der Waals surface area (Å²) in [6, 6.07) is 9.52. The molecule has 0 spiro atoms. The maximum absolute atomic E-state index is 14.9. The second-order valence-electron chi connectivity index (χ2n) is 17.4. The molecule has 5 atom stereocenters. The fourth-order valence-electron chi connectivity index (χ4n) is 8.35. The van der Waals surface area contributed by atoms with Gasteiger partial charge in [0.15, 0.2) is 0 Å². The van der Waals surface area contributed by atoms with Crippen LogP contribution in [-0.4, -0.2) is 83.1 Å². The number of ether oxygens (including phenoxy) is 2. The van der Waals surface area contributed by atoms with Crippen molar-refractivity contribution in [1.82, 2.24) is 24.9 Å². The highest BCUT2D eigenvalue weighted by Gasteiger charge is 2.63. The summed E-state index contributed by atoms with van der Waals surface area (Å²) < 4.78 is 54.3. The number of anilines is 1. The van der Waals surface area contributed by atoms with Crippen molar-refractivity contribution < 1.29 is 36.7 Å². The molecule has 2 saturated carbocycles. The normalized spacial score (nSPS) is 25.7. The summed E-state index contributed by atoms with van der Waals surface area (Å²) in [6.45, 7) is 7.72. The molecule has 4 aliphatic rings. The number of benzene rings is 2. The predicted octanol–water partition coefficient (Wildman–Crippen LogP) is 7.16. The molecule has 1 saturated heterocycles. The van der Waals surface area contributed by atoms with E-state index in [9.17, 15) is 27.2 Å². The van der Waals surface area contributed by atoms with Crippen LogP contribution in [0.5, 0.6) is 11.5 Å². The Hall–Kier alpha value is -5.09. The number of amides is 3. The van der Waals surface area contributed by atoms with Crippen LogP contribution in [-0.2, 0) is 24.4 Å². The maximum Gasteiger partial charge on any atom is 0.259 e. The third kappa shape index (κ3) is 8.57. The zero-order valence-corrected chi connectivity index (χ0v) is 36.8. The monoisotopic (exact) mass is 872 g/mol. The molecule has 4 heterocycles. The molecular weight excluding hydrogens is 820 g/mol. The number of sulfonamides is 1. The number of hydrogen-bond donors (Lipinski definition) is 3. The van der Waals surface area contributed by atoms with Gasteiger partial charge in [-0.1, -0.05) is 38.8 Å². The zero-order chi connectivity index (χ0) is 43.3. The van der Waals surface area contributed by atoms with Crippen LogP contribution >= 0.6 is 11.3 Å². The lowest BCUT2D eigenvalue weighted by Gasteiger charge is -2.30. The van der Waals surface area contributed by atoms with Crippen molar-refractivity contribution in [2.45, 2.75) is 120 Å². The van der Waals surface area contributed by atoms with E-state index in [0.717, 1.165) is 35.5 Å². The highest BCUT2D eigenvalue weighted by atomic mass is 32.2. The number of pyridine rings is 1. The van der Waals surface area contributed by atoms with Crippen molar-refractivity contribution in [2.24, 2.45) is 5.92 Å². The Morgan fingerprint density at radius 3 is 2.54 bits per heavy atom. The smallest absolute Gasteiger partial charge is 0.259 e. The van der Waals surface area contributed by atoms with Gasteiger partial charge in [-0.15, -0.1) is 11.3 Å². The molecule has 3 N–H and O–H groups in total. The lowest BCUT2D eigenvalue weighted by atomic mass is 10.0. The number of nitrogens with zero attached hydrogens (tertiary/aromatic N) is 3. The van der Waals surface area contributed by atoms with Crippen LogP contribution in [0.1, 0.15) is 95.7 Å². The number of hydrogen-bond acceptors (Lipinski definition) is 11. The summed E-state index contributed by atoms with van der Waals surface area (Å²) in [4.78, 5) is 55.0. The van der Waals surface area contributed by atoms with Crippen molar-refractivity contribution in [2.75, 3.05) is 19.0 Å². The van der Waals surface area contributed by atoms with E-state index in [2.05, 4.69) is 29.2 Å². The molecule has 0 unspecified atom stereocenters. The lowest BCUT2D eigenvalue weighted by Crippen LogP contribution is -2.58. The van der Waals surface area contributed by atoms with Gasteiger partial charge in [0, 0.05) is 40.4 Å². The number of nitrogens with one attached hydrogen (secondary N) is 3. The SMILES string of the molecule is COc1ccc2c(O[C@@H]3C[C@H]4C(=O)N[C@]5(C(=O)NS(=O)(=O)C6(C)CC6)C[C@H]5/C=C\CCCCC[C@H](Nc5ccc(F)cc5)C(=O)N4C3)cc(-c3nc(C(C)C)cs3)nc2c1C. The minimum Gasteiger partial charge on any atom is -0.496 e. The maximum atomic E-state index is 14.9. The van der Waals surface area contributed by atoms with Gasteiger partial charge < -0.3 is 25.0 Å². The van der Waals surface area contributed by atoms with Gasteiger partial charge in [0.25, 0.3) is 5.91 Å². The summed E-state index contributed by atoms with van der Waals surface area (Å²) in [5, 5.41) is 9.72. The van der Waals surface area contributed by atoms with E-state index in [4.69, 9.17) is 19.4 Å². The molecule has 61 heavy (non-hydrogen) atoms. The van der Waals surface area contributed by atoms with E-state index in [1.807, 2.05) is 42.7 Å². The molecule has 2 aromatic carbocycles. The average molecular weight is 873 g/mol. The van der Waals surface area contributed by atoms with Gasteiger partial charge in [0.2, 0.25) is 21.8 Å². The molecule has 0 radical (unpaired) electrons. The predicted molar refractivity (Wildman–Crippen MR) is 232 cm³/mol. The van der Waals surface area contributed by atoms with Crippen LogP contribution in [0.25, 0.3) is 21.6 Å². The van der Waals surface area contributed by atoms with E-state index < -0.39 is 62.0 Å². The lowest BCUT2D eigenvalue weighted by molar-refractivity contribution is -0.140. The van der Waals surface area contributed by atoms with Gasteiger partial charge in [-0.25, -0.2) is 22.8 Å². The molecule has 4 aromatic rings. The number of rotatable bonds is 10. The fraction of sp³-hybridized carbons (Fsp3) is 0.489. The largest absolute Gasteiger partial charge is 0.496 e. The summed E-state index contributed by atoms with van der Waals surface area (Å²) in [7, 11) is -2.40. The minimum absolute atomic E-state index is 0.0385. The average Bonchev–Trinajstić information content (AvgIpc) is 4.00. The van der Waals surface area contributed by atoms with Gasteiger partial charge in [0.05, 0.1) is 29.6 Å². The number of carbonyl (C=O) groups is 3. The molecule has 2 aromatic heterocycles. The van der Waals surface area contributed by atoms with Gasteiger partial charge in [-0.2, -0.15) is 0 Å². The molecule has 324 valence electrons. The number of fused-ring (bicyclic) bond motifs is 3. The Kier molecular flexibility index (Phi) is 11.6. The minimum atomic E-state index is -4.00. The van der Waals surface area contributed by atoms with E-state index in [0.29, 0.717) is 59.5 Å². The van der Waals surface area contributed by atoms with Crippen molar-refractivity contribution in [1.29, 1.82) is 0 Å². The van der Waals surface area contributed by atoms with Gasteiger partial charge >= 0.3 is 0 Å². The first-order valence-electron chi connectivity index (χ1n) is 21.1. The van der Waals surface area contributed by atoms with Crippen LogP contribution < -0.4 is 24.8 Å². The Balaban J connectivity index is 1.15. The van der Waals surface area contributed by atoms with E-state index in [1.165, 1.54) is 28.4 Å². The van der Waals surface area contributed by atoms with Crippen LogP contribution in [0.15, 0.2) is 60.0 Å². The first-order chi connectivity index (χ1) is 29.1. The molecule has 2 aliphatic heterocycles. The van der Waals surface area contributed by atoms with Crippen LogP contribution in [0.2, 0.25) is 0 Å². The molecule has 2 aliphatic carbocycles. The van der Waals surface area contributed by atoms with Crippen LogP contribution in [0, 0.1) is 18.7 Å². The Labute approximate surface area is 359 Å². The number of allylic oxidation sites excluding steroid dienone is 1. The second-order valence-corrected chi connectivity index (χ2v) is 20.5. The standard InChI is InChI=1S/C45H53FN6O7S2/c1-26(2)35-25-60-41(49-35)34-22-38(32-17-18-37(58-5)27(3)39(32)48-34)59-31-21-36-40(53)50-45(43(55)51-61(56,57)44(4)19-20-44)23-28(45)11-9-7-6-8-10-12-33(42(54)52(36)24-31)47-30-15-13-29(46)14-16-30/h9,11,13-18,22,25-26,28,31,33,36,47H,6-8,10,12,19-21,23-24H2,1-5H3,(H,50,53)(H,51,55)/b11-9-/t28-,31-,33+,36+,45-/m1/s1. The summed E-state index contributed by atoms with van der Waals surface area (Å²) in [6.07, 6.45) is 7.89. The number of aryl methyl sites for hydroxylation is 1. The number of aromatic nitrogens is 2. The van der Waals surface area contributed by atoms with Crippen molar-refractivity contribution in [3.63, 3.8) is 0 Å². The van der Waals surface area contributed by atoms with Crippen LogP contribution in [0.3, 0.4) is 0 Å². The number of halogens is 1. The summed E-state index contributed by atoms with van der Waals surface area (Å²) >= 11 is 1.49. The highest BCUT2D eigenvalue weighted by molar-refractivity contribution is 7.91. The third-order valence-corrected chi connectivity index (χ3v) is 15.7. The highest BCUT2D eigenvalue weighted by Crippen LogP contribution is 2.48. The fourth-order valence-corrected chi connectivity index (χ4v) is 10.6. The second kappa shape index (κ2) is 16.6. The first-order valence-corrected chi connectivity index (χ1v) is 23.5. The van der Waals surface area contributed by atoms with Gasteiger partial charge in [-0.05, 0) is 94.7 Å². The van der Waals surface area contributed by atoms with Gasteiger partial charge in [-0.3, -0.25) is 19.1 Å². The first kappa shape index (κ1) is 42.6. The summed E-state index contributed by atoms with van der Waals surface area (Å²) in [5.74, 6) is -1.18. The Morgan fingerprint density at radius 1 is 1.07 bits per heavy atom. The molecule has 8 rings (SSSR count). The Morgan fingerprint density at radius 2 is 1.84 bits per heavy atom. The van der Waals surface area contributed by atoms with E-state index >= 15 is 0 Å². The van der Waals surface area contributed by atoms with Crippen molar-refractivity contribution >= 4 is 55.7 Å². The van der Waals surface area contributed by atoms with Crippen molar-refractivity contribution in [3.8, 4) is 22.2 Å². The number of thiazole rings is 1. The molecule has 16 heteroatoms. The summed E-state index contributed by atoms with van der Waals surface area (Å²) in [5.41, 5.74) is 2.07. The molecular formula is C45H53FN6O7S2. The van der Waals surface area contributed by atoms with E-state index in [-0.39, 0.29) is 31.2 Å². The quantitative estimate of drug-likeness (QED) is 0.139. The molecule has 13 nitrogen and oxygen atoms in total. The number of methoxy groups -OCH3 is 1. The zero-order valence-electron chi connectivity index (χ0n) is 35.1. The third-order valence-electron chi connectivity index (χ3n) is 12.7. The van der Waals surface area contributed by atoms with Gasteiger partial charge in [0.1, 0.15) is 51.7 Å². The van der Waals surface area contributed by atoms with E-state index in [1.54, 1.807) is 26.2 Å². The molecule has 3 fully saturated rings. The Bertz CT molecular complexity index is 2490. The number of carbonyl (C=O) groups excluding carboxylic acids is 3. The van der Waals surface area contributed by atoms with Crippen molar-refractivity contribution in [3.05, 3.63) is 77.1 Å².